The Morgan fingerprint density at radius 1 is 1.10 bits per heavy atom. The maximum absolute atomic E-state index is 13.1. The van der Waals surface area contributed by atoms with E-state index in [1.54, 1.807) is 4.90 Å². The topological polar surface area (TPSA) is 93.8 Å². The van der Waals surface area contributed by atoms with Crippen LogP contribution < -0.4 is 16.0 Å². The van der Waals surface area contributed by atoms with Gasteiger partial charge in [0.2, 0.25) is 11.8 Å². The molecule has 3 amide bonds. The number of rotatable bonds is 8. The molecule has 0 radical (unpaired) electrons. The summed E-state index contributed by atoms with van der Waals surface area (Å²) in [5.74, 6) is -0.725. The molecule has 0 aliphatic carbocycles. The highest BCUT2D eigenvalue weighted by molar-refractivity contribution is 6.05. The van der Waals surface area contributed by atoms with E-state index in [1.165, 1.54) is 19.4 Å². The molecule has 0 aromatic heterocycles. The fourth-order valence-electron chi connectivity index (χ4n) is 4.77. The van der Waals surface area contributed by atoms with Gasteiger partial charge in [-0.15, -0.1) is 0 Å². The van der Waals surface area contributed by atoms with Gasteiger partial charge in [0.25, 0.3) is 5.91 Å². The minimum absolute atomic E-state index is 0.100. The van der Waals surface area contributed by atoms with E-state index in [9.17, 15) is 14.4 Å². The van der Waals surface area contributed by atoms with Gasteiger partial charge in [0.1, 0.15) is 6.04 Å². The number of carbonyl (C=O) groups excluding carboxylic acids is 3. The van der Waals surface area contributed by atoms with Gasteiger partial charge in [-0.2, -0.15) is 0 Å². The Bertz CT molecular complexity index is 819. The van der Waals surface area contributed by atoms with E-state index >= 15 is 0 Å². The standard InChI is InChI=1S/C23H33N5O3/c29-20-8-7-19(22(30)26-20)28-16-18-6-3-5-17(21(18)23(28)31)15-25-9-1-2-12-27-13-4-10-24-11-14-27/h3,5-6,19,24-25H,1-2,4,7-16H2,(H,26,29,30). The molecule has 8 heteroatoms. The lowest BCUT2D eigenvalue weighted by atomic mass is 10.0. The maximum atomic E-state index is 13.1. The van der Waals surface area contributed by atoms with E-state index in [4.69, 9.17) is 0 Å². The molecule has 0 saturated carbocycles. The van der Waals surface area contributed by atoms with Gasteiger partial charge in [-0.25, -0.2) is 0 Å². The summed E-state index contributed by atoms with van der Waals surface area (Å²) in [5, 5.41) is 9.28. The summed E-state index contributed by atoms with van der Waals surface area (Å²) in [4.78, 5) is 40.9. The van der Waals surface area contributed by atoms with Crippen molar-refractivity contribution in [2.45, 2.75) is 51.2 Å². The third kappa shape index (κ3) is 5.31. The average Bonchev–Trinajstić information content (AvgIpc) is 2.92. The van der Waals surface area contributed by atoms with E-state index in [-0.39, 0.29) is 24.1 Å². The van der Waals surface area contributed by atoms with Gasteiger partial charge in [-0.3, -0.25) is 19.7 Å². The molecule has 0 spiro atoms. The zero-order valence-electron chi connectivity index (χ0n) is 18.1. The fourth-order valence-corrected chi connectivity index (χ4v) is 4.77. The summed E-state index contributed by atoms with van der Waals surface area (Å²) in [5.41, 5.74) is 2.66. The van der Waals surface area contributed by atoms with Crippen LogP contribution in [-0.4, -0.2) is 72.8 Å². The number of benzene rings is 1. The summed E-state index contributed by atoms with van der Waals surface area (Å²) < 4.78 is 0. The number of amides is 3. The van der Waals surface area contributed by atoms with Crippen LogP contribution in [0.3, 0.4) is 0 Å². The molecule has 4 rings (SSSR count). The normalized spacial score (nSPS) is 22.4. The van der Waals surface area contributed by atoms with Gasteiger partial charge in [-0.1, -0.05) is 18.2 Å². The third-order valence-corrected chi connectivity index (χ3v) is 6.46. The Morgan fingerprint density at radius 3 is 2.87 bits per heavy atom. The second-order valence-electron chi connectivity index (χ2n) is 8.68. The molecule has 1 atom stereocenters. The largest absolute Gasteiger partial charge is 0.322 e. The number of piperidine rings is 1. The summed E-state index contributed by atoms with van der Waals surface area (Å²) in [6, 6.07) is 5.36. The average molecular weight is 428 g/mol. The number of nitrogens with one attached hydrogen (secondary N) is 3. The van der Waals surface area contributed by atoms with Crippen molar-refractivity contribution in [1.82, 2.24) is 25.8 Å². The predicted octanol–water partition coefficient (Wildman–Crippen LogP) is 0.613. The van der Waals surface area contributed by atoms with Crippen LogP contribution >= 0.6 is 0 Å². The predicted molar refractivity (Wildman–Crippen MR) is 117 cm³/mol. The quantitative estimate of drug-likeness (QED) is 0.416. The van der Waals surface area contributed by atoms with Gasteiger partial charge in [0.15, 0.2) is 0 Å². The maximum Gasteiger partial charge on any atom is 0.255 e. The molecule has 1 aromatic rings. The van der Waals surface area contributed by atoms with Gasteiger partial charge in [-0.05, 0) is 63.0 Å². The van der Waals surface area contributed by atoms with E-state index < -0.39 is 6.04 Å². The molecule has 3 heterocycles. The Labute approximate surface area is 183 Å². The van der Waals surface area contributed by atoms with Crippen molar-refractivity contribution in [3.8, 4) is 0 Å². The Hall–Kier alpha value is -2.29. The van der Waals surface area contributed by atoms with Crippen LogP contribution in [0, 0.1) is 0 Å². The minimum atomic E-state index is -0.562. The molecule has 2 saturated heterocycles. The van der Waals surface area contributed by atoms with Crippen LogP contribution in [0.25, 0.3) is 0 Å². The third-order valence-electron chi connectivity index (χ3n) is 6.46. The smallest absolute Gasteiger partial charge is 0.255 e. The second-order valence-corrected chi connectivity index (χ2v) is 8.68. The van der Waals surface area contributed by atoms with E-state index in [0.717, 1.165) is 55.8 Å². The summed E-state index contributed by atoms with van der Waals surface area (Å²) in [6.07, 6.45) is 4.17. The SMILES string of the molecule is O=C1CCC(N2Cc3cccc(CNCCCCN4CCCNCC4)c3C2=O)C(=O)N1. The molecule has 1 aromatic carbocycles. The van der Waals surface area contributed by atoms with Gasteiger partial charge in [0, 0.05) is 38.2 Å². The highest BCUT2D eigenvalue weighted by Gasteiger charge is 2.39. The first kappa shape index (κ1) is 21.9. The second kappa shape index (κ2) is 10.3. The van der Waals surface area contributed by atoms with Crippen molar-refractivity contribution in [1.29, 1.82) is 0 Å². The molecule has 0 bridgehead atoms. The monoisotopic (exact) mass is 427 g/mol. The minimum Gasteiger partial charge on any atom is -0.322 e. The van der Waals surface area contributed by atoms with E-state index in [0.29, 0.717) is 19.5 Å². The number of nitrogens with zero attached hydrogens (tertiary/aromatic N) is 2. The molecule has 8 nitrogen and oxygen atoms in total. The highest BCUT2D eigenvalue weighted by Crippen LogP contribution is 2.29. The number of imide groups is 1. The van der Waals surface area contributed by atoms with Crippen LogP contribution in [-0.2, 0) is 22.7 Å². The molecule has 3 aliphatic heterocycles. The first-order valence-electron chi connectivity index (χ1n) is 11.5. The van der Waals surface area contributed by atoms with Gasteiger partial charge in [0.05, 0.1) is 0 Å². The molecule has 1 unspecified atom stereocenters. The molecule has 3 aliphatic rings. The fraction of sp³-hybridized carbons (Fsp3) is 0.609. The lowest BCUT2D eigenvalue weighted by Crippen LogP contribution is -2.52. The molecule has 31 heavy (non-hydrogen) atoms. The van der Waals surface area contributed by atoms with Crippen molar-refractivity contribution >= 4 is 17.7 Å². The Balaban J connectivity index is 1.26. The van der Waals surface area contributed by atoms with Crippen molar-refractivity contribution < 1.29 is 14.4 Å². The van der Waals surface area contributed by atoms with Crippen LogP contribution in [0.2, 0.25) is 0 Å². The molecule has 3 N–H and O–H groups in total. The van der Waals surface area contributed by atoms with E-state index in [1.807, 2.05) is 18.2 Å². The molecule has 2 fully saturated rings. The van der Waals surface area contributed by atoms with Crippen LogP contribution in [0.15, 0.2) is 18.2 Å². The van der Waals surface area contributed by atoms with Crippen molar-refractivity contribution in [2.75, 3.05) is 39.3 Å². The van der Waals surface area contributed by atoms with Crippen LogP contribution in [0.4, 0.5) is 0 Å². The molecule has 168 valence electrons. The number of fused-ring (bicyclic) bond motifs is 1. The van der Waals surface area contributed by atoms with Crippen LogP contribution in [0.1, 0.15) is 53.6 Å². The van der Waals surface area contributed by atoms with Gasteiger partial charge < -0.3 is 20.4 Å². The Morgan fingerprint density at radius 2 is 2.00 bits per heavy atom. The number of hydrogen-bond donors (Lipinski definition) is 3. The lowest BCUT2D eigenvalue weighted by Gasteiger charge is -2.29. The lowest BCUT2D eigenvalue weighted by molar-refractivity contribution is -0.136. The van der Waals surface area contributed by atoms with Crippen molar-refractivity contribution in [3.05, 3.63) is 34.9 Å². The Kier molecular flexibility index (Phi) is 7.32. The zero-order valence-corrected chi connectivity index (χ0v) is 18.1. The van der Waals surface area contributed by atoms with Gasteiger partial charge >= 0.3 is 0 Å². The highest BCUT2D eigenvalue weighted by atomic mass is 16.2. The summed E-state index contributed by atoms with van der Waals surface area (Å²) in [7, 11) is 0. The van der Waals surface area contributed by atoms with Crippen molar-refractivity contribution in [2.24, 2.45) is 0 Å². The molecular formula is C23H33N5O3. The zero-order chi connectivity index (χ0) is 21.6. The first-order valence-corrected chi connectivity index (χ1v) is 11.5. The van der Waals surface area contributed by atoms with Crippen LogP contribution in [0.5, 0.6) is 0 Å². The van der Waals surface area contributed by atoms with E-state index in [2.05, 4.69) is 20.9 Å². The first-order chi connectivity index (χ1) is 15.1. The molecular weight excluding hydrogens is 394 g/mol. The number of carbonyl (C=O) groups is 3. The summed E-state index contributed by atoms with van der Waals surface area (Å²) in [6.45, 7) is 7.66. The van der Waals surface area contributed by atoms with Crippen molar-refractivity contribution in [3.63, 3.8) is 0 Å². The summed E-state index contributed by atoms with van der Waals surface area (Å²) >= 11 is 0. The number of unbranched alkanes of at least 4 members (excludes halogenated alkanes) is 1. The number of hydrogen-bond acceptors (Lipinski definition) is 6.